The van der Waals surface area contributed by atoms with E-state index in [1.54, 1.807) is 18.2 Å². The van der Waals surface area contributed by atoms with Gasteiger partial charge in [0.1, 0.15) is 11.4 Å². The molecule has 2 unspecified atom stereocenters. The average Bonchev–Trinajstić information content (AvgIpc) is 3.23. The minimum atomic E-state index is -0.325. The van der Waals surface area contributed by atoms with Crippen molar-refractivity contribution in [3.05, 3.63) is 59.7 Å². The van der Waals surface area contributed by atoms with E-state index < -0.39 is 0 Å². The summed E-state index contributed by atoms with van der Waals surface area (Å²) in [4.78, 5) is 24.0. The number of hydrogen-bond acceptors (Lipinski definition) is 6. The Morgan fingerprint density at radius 3 is 2.38 bits per heavy atom. The maximum Gasteiger partial charge on any atom is 0.293 e. The van der Waals surface area contributed by atoms with Gasteiger partial charge in [-0.1, -0.05) is 24.3 Å². The smallest absolute Gasteiger partial charge is 0.293 e. The number of benzene rings is 2. The summed E-state index contributed by atoms with van der Waals surface area (Å²) in [7, 11) is 0. The zero-order chi connectivity index (χ0) is 21.1. The molecule has 2 aromatic carbocycles. The van der Waals surface area contributed by atoms with Crippen LogP contribution in [-0.4, -0.2) is 47.7 Å². The average molecular weight is 398 g/mol. The number of phenolic OH excluding ortho intramolecular Hbond substituents is 1. The van der Waals surface area contributed by atoms with Gasteiger partial charge in [0.05, 0.1) is 12.2 Å². The van der Waals surface area contributed by atoms with E-state index in [0.717, 1.165) is 25.3 Å². The van der Waals surface area contributed by atoms with Crippen molar-refractivity contribution in [1.82, 2.24) is 4.90 Å². The van der Waals surface area contributed by atoms with Crippen molar-refractivity contribution in [2.45, 2.75) is 32.1 Å². The standard InChI is InChI=1S/C17H16N2O3.C5H10O2/c20-15-4-2-1-3-14(15)16(21)18-13-7-5-12(6-8-13)17-11-19(17)9-10-22-17;1-5(2,3)7-4-6/h1-8,20H,9-11H2,(H,18,21);4H,1-3H3. The highest BCUT2D eigenvalue weighted by atomic mass is 16.5. The highest BCUT2D eigenvalue weighted by Gasteiger charge is 2.58. The van der Waals surface area contributed by atoms with Gasteiger partial charge in [-0.2, -0.15) is 0 Å². The van der Waals surface area contributed by atoms with Crippen LogP contribution >= 0.6 is 0 Å². The first-order valence-electron chi connectivity index (χ1n) is 9.45. The Bertz CT molecular complexity index is 876. The number of anilines is 1. The molecular formula is C22H26N2O5. The monoisotopic (exact) mass is 398 g/mol. The molecule has 0 spiro atoms. The number of amides is 1. The van der Waals surface area contributed by atoms with Crippen LogP contribution in [0.2, 0.25) is 0 Å². The Morgan fingerprint density at radius 2 is 1.90 bits per heavy atom. The maximum atomic E-state index is 12.1. The van der Waals surface area contributed by atoms with Gasteiger partial charge < -0.3 is 19.9 Å². The largest absolute Gasteiger partial charge is 0.507 e. The van der Waals surface area contributed by atoms with Gasteiger partial charge in [0, 0.05) is 24.3 Å². The molecule has 7 heteroatoms. The molecular weight excluding hydrogens is 372 g/mol. The lowest BCUT2D eigenvalue weighted by Crippen LogP contribution is -2.17. The second-order valence-corrected chi connectivity index (χ2v) is 7.93. The van der Waals surface area contributed by atoms with Gasteiger partial charge in [-0.25, -0.2) is 0 Å². The number of hydrogen-bond donors (Lipinski definition) is 2. The molecule has 0 saturated carbocycles. The second-order valence-electron chi connectivity index (χ2n) is 7.93. The van der Waals surface area contributed by atoms with Crippen LogP contribution in [0.4, 0.5) is 5.69 Å². The Labute approximate surface area is 170 Å². The molecule has 2 saturated heterocycles. The fourth-order valence-corrected chi connectivity index (χ4v) is 3.12. The van der Waals surface area contributed by atoms with E-state index in [0.29, 0.717) is 12.2 Å². The third-order valence-corrected chi connectivity index (χ3v) is 4.66. The number of nitrogens with one attached hydrogen (secondary N) is 1. The predicted octanol–water partition coefficient (Wildman–Crippen LogP) is 3.10. The molecule has 2 fully saturated rings. The molecule has 0 radical (unpaired) electrons. The molecule has 2 aliphatic heterocycles. The lowest BCUT2D eigenvalue weighted by molar-refractivity contribution is -0.138. The summed E-state index contributed by atoms with van der Waals surface area (Å²) >= 11 is 0. The van der Waals surface area contributed by atoms with Crippen LogP contribution in [0, 0.1) is 0 Å². The molecule has 29 heavy (non-hydrogen) atoms. The zero-order valence-corrected chi connectivity index (χ0v) is 16.8. The van der Waals surface area contributed by atoms with Crippen molar-refractivity contribution >= 4 is 18.1 Å². The van der Waals surface area contributed by atoms with Crippen LogP contribution < -0.4 is 5.32 Å². The van der Waals surface area contributed by atoms with E-state index in [1.807, 2.05) is 45.0 Å². The quantitative estimate of drug-likeness (QED) is 0.608. The lowest BCUT2D eigenvalue weighted by atomic mass is 10.1. The predicted molar refractivity (Wildman–Crippen MR) is 109 cm³/mol. The third kappa shape index (κ3) is 4.93. The zero-order valence-electron chi connectivity index (χ0n) is 16.8. The van der Waals surface area contributed by atoms with Crippen LogP contribution in [0.3, 0.4) is 0 Å². The van der Waals surface area contributed by atoms with Crippen molar-refractivity contribution in [3.63, 3.8) is 0 Å². The first-order valence-corrected chi connectivity index (χ1v) is 9.45. The van der Waals surface area contributed by atoms with E-state index in [1.165, 1.54) is 6.07 Å². The van der Waals surface area contributed by atoms with E-state index >= 15 is 0 Å². The summed E-state index contributed by atoms with van der Waals surface area (Å²) in [5.41, 5.74) is 1.53. The van der Waals surface area contributed by atoms with Gasteiger partial charge in [0.2, 0.25) is 0 Å². The van der Waals surface area contributed by atoms with Crippen LogP contribution in [0.25, 0.3) is 0 Å². The summed E-state index contributed by atoms with van der Waals surface area (Å²) in [6.07, 6.45) is 0. The molecule has 2 aromatic rings. The van der Waals surface area contributed by atoms with Gasteiger partial charge in [-0.3, -0.25) is 14.5 Å². The molecule has 0 bridgehead atoms. The summed E-state index contributed by atoms with van der Waals surface area (Å²) < 4.78 is 10.4. The van der Waals surface area contributed by atoms with Crippen LogP contribution in [-0.2, 0) is 20.0 Å². The second kappa shape index (κ2) is 8.23. The highest BCUT2D eigenvalue weighted by molar-refractivity contribution is 6.06. The van der Waals surface area contributed by atoms with Gasteiger partial charge in [-0.05, 0) is 45.0 Å². The Balaban J connectivity index is 0.000000298. The van der Waals surface area contributed by atoms with Gasteiger partial charge in [0.25, 0.3) is 12.4 Å². The molecule has 1 amide bonds. The summed E-state index contributed by atoms with van der Waals surface area (Å²) in [5, 5.41) is 12.5. The van der Waals surface area contributed by atoms with E-state index in [2.05, 4.69) is 15.0 Å². The number of nitrogens with zero attached hydrogens (tertiary/aromatic N) is 1. The van der Waals surface area contributed by atoms with Crippen molar-refractivity contribution in [2.75, 3.05) is 25.0 Å². The molecule has 7 nitrogen and oxygen atoms in total. The van der Waals surface area contributed by atoms with Crippen LogP contribution in [0.1, 0.15) is 36.7 Å². The Hall–Kier alpha value is -2.90. The normalized spacial score (nSPS) is 22.0. The van der Waals surface area contributed by atoms with E-state index in [-0.39, 0.29) is 28.5 Å². The molecule has 0 aromatic heterocycles. The Morgan fingerprint density at radius 1 is 1.21 bits per heavy atom. The molecule has 2 aliphatic rings. The van der Waals surface area contributed by atoms with Gasteiger partial charge >= 0.3 is 0 Å². The highest BCUT2D eigenvalue weighted by Crippen LogP contribution is 2.47. The van der Waals surface area contributed by atoms with E-state index in [9.17, 15) is 14.7 Å². The molecule has 0 aliphatic carbocycles. The Kier molecular flexibility index (Phi) is 5.91. The minimum Gasteiger partial charge on any atom is -0.507 e. The molecule has 154 valence electrons. The summed E-state index contributed by atoms with van der Waals surface area (Å²) in [6, 6.07) is 14.2. The summed E-state index contributed by atoms with van der Waals surface area (Å²) in [5.74, 6) is -0.349. The van der Waals surface area contributed by atoms with Crippen molar-refractivity contribution in [1.29, 1.82) is 0 Å². The first-order chi connectivity index (χ1) is 13.7. The van der Waals surface area contributed by atoms with Crippen molar-refractivity contribution in [2.24, 2.45) is 0 Å². The number of rotatable bonds is 4. The fourth-order valence-electron chi connectivity index (χ4n) is 3.12. The number of fused-ring (bicyclic) bond motifs is 1. The molecule has 2 atom stereocenters. The topological polar surface area (TPSA) is 87.9 Å². The van der Waals surface area contributed by atoms with Crippen LogP contribution in [0.15, 0.2) is 48.5 Å². The van der Waals surface area contributed by atoms with Crippen molar-refractivity contribution in [3.8, 4) is 5.75 Å². The number of para-hydroxylation sites is 1. The number of carbonyl (C=O) groups is 2. The van der Waals surface area contributed by atoms with Crippen LogP contribution in [0.5, 0.6) is 5.75 Å². The van der Waals surface area contributed by atoms with Crippen molar-refractivity contribution < 1.29 is 24.2 Å². The lowest BCUT2D eigenvalue weighted by Gasteiger charge is -2.14. The number of phenols is 1. The SMILES string of the molecule is CC(C)(C)OC=O.O=C(Nc1ccc(C23CN2CCO3)cc1)c1ccccc1O. The number of morpholine rings is 1. The van der Waals surface area contributed by atoms with Gasteiger partial charge in [-0.15, -0.1) is 0 Å². The van der Waals surface area contributed by atoms with E-state index in [4.69, 9.17) is 4.74 Å². The minimum absolute atomic E-state index is 0.0245. The first kappa shape index (κ1) is 20.8. The number of aromatic hydroxyl groups is 1. The summed E-state index contributed by atoms with van der Waals surface area (Å²) in [6.45, 7) is 8.61. The van der Waals surface area contributed by atoms with Gasteiger partial charge in [0.15, 0.2) is 5.72 Å². The molecule has 2 N–H and O–H groups in total. The fraction of sp³-hybridized carbons (Fsp3) is 0.364. The molecule has 2 heterocycles. The molecule has 4 rings (SSSR count). The number of ether oxygens (including phenoxy) is 2. The maximum absolute atomic E-state index is 12.1. The number of carbonyl (C=O) groups excluding carboxylic acids is 2. The third-order valence-electron chi connectivity index (χ3n) is 4.66.